The summed E-state index contributed by atoms with van der Waals surface area (Å²) >= 11 is 7.70. The Morgan fingerprint density at radius 1 is 1.42 bits per heavy atom. The molecule has 24 heavy (non-hydrogen) atoms. The largest absolute Gasteiger partial charge is 0.453 e. The highest BCUT2D eigenvalue weighted by Crippen LogP contribution is 2.34. The van der Waals surface area contributed by atoms with E-state index in [1.165, 1.54) is 7.11 Å². The number of rotatable bonds is 3. The first-order chi connectivity index (χ1) is 11.6. The van der Waals surface area contributed by atoms with Gasteiger partial charge in [0.25, 0.3) is 0 Å². The average Bonchev–Trinajstić information content (AvgIpc) is 3.02. The number of nitrogens with one attached hydrogen (secondary N) is 1. The number of hydrogen-bond acceptors (Lipinski definition) is 5. The van der Waals surface area contributed by atoms with Gasteiger partial charge < -0.3 is 15.0 Å². The molecule has 0 spiro atoms. The fraction of sp³-hybridized carbons (Fsp3) is 0.438. The second-order valence-corrected chi connectivity index (χ2v) is 7.16. The van der Waals surface area contributed by atoms with E-state index in [-0.39, 0.29) is 12.5 Å². The van der Waals surface area contributed by atoms with Crippen LogP contribution in [0.2, 0.25) is 5.02 Å². The Bertz CT molecular complexity index is 756. The van der Waals surface area contributed by atoms with Crippen molar-refractivity contribution in [1.29, 1.82) is 0 Å². The van der Waals surface area contributed by atoms with Crippen molar-refractivity contribution in [2.75, 3.05) is 26.7 Å². The third-order valence-electron chi connectivity index (χ3n) is 4.13. The van der Waals surface area contributed by atoms with E-state index < -0.39 is 6.09 Å². The summed E-state index contributed by atoms with van der Waals surface area (Å²) in [7, 11) is 1.27. The predicted octanol–water partition coefficient (Wildman–Crippen LogP) is 3.01. The summed E-state index contributed by atoms with van der Waals surface area (Å²) in [5.74, 6) is 0.272. The molecule has 1 fully saturated rings. The fourth-order valence-corrected chi connectivity index (χ4v) is 4.08. The molecule has 0 bridgehead atoms. The second kappa shape index (κ2) is 7.36. The Hall–Kier alpha value is -1.86. The zero-order valence-electron chi connectivity index (χ0n) is 13.3. The minimum Gasteiger partial charge on any atom is -0.453 e. The van der Waals surface area contributed by atoms with Crippen molar-refractivity contribution in [2.24, 2.45) is 0 Å². The first-order valence-electron chi connectivity index (χ1n) is 7.72. The number of halogens is 1. The molecule has 8 heteroatoms. The highest BCUT2D eigenvalue weighted by Gasteiger charge is 2.26. The van der Waals surface area contributed by atoms with Crippen molar-refractivity contribution in [3.63, 3.8) is 0 Å². The van der Waals surface area contributed by atoms with Gasteiger partial charge >= 0.3 is 6.09 Å². The number of likely N-dealkylation sites (tertiary alicyclic amines) is 1. The minimum atomic E-state index is -0.591. The number of alkyl carbamates (subject to hydrolysis) is 1. The Balaban J connectivity index is 1.57. The van der Waals surface area contributed by atoms with Crippen molar-refractivity contribution in [1.82, 2.24) is 15.2 Å². The van der Waals surface area contributed by atoms with E-state index in [1.807, 2.05) is 18.2 Å². The van der Waals surface area contributed by atoms with Crippen LogP contribution in [0.3, 0.4) is 0 Å². The van der Waals surface area contributed by atoms with Crippen LogP contribution in [0.25, 0.3) is 10.2 Å². The lowest BCUT2D eigenvalue weighted by atomic mass is 9.97. The van der Waals surface area contributed by atoms with Crippen LogP contribution in [0.5, 0.6) is 0 Å². The number of aromatic nitrogens is 1. The van der Waals surface area contributed by atoms with Gasteiger partial charge in [0, 0.05) is 24.0 Å². The second-order valence-electron chi connectivity index (χ2n) is 5.66. The van der Waals surface area contributed by atoms with Gasteiger partial charge in [-0.25, -0.2) is 9.78 Å². The van der Waals surface area contributed by atoms with Gasteiger partial charge in [-0.2, -0.15) is 0 Å². The van der Waals surface area contributed by atoms with E-state index in [1.54, 1.807) is 16.2 Å². The summed E-state index contributed by atoms with van der Waals surface area (Å²) in [5, 5.41) is 4.22. The van der Waals surface area contributed by atoms with Gasteiger partial charge in [-0.15, -0.1) is 11.3 Å². The number of nitrogens with zero attached hydrogens (tertiary/aromatic N) is 2. The average molecular weight is 368 g/mol. The van der Waals surface area contributed by atoms with Crippen LogP contribution in [-0.4, -0.2) is 48.6 Å². The topological polar surface area (TPSA) is 71.5 Å². The molecule has 128 valence electrons. The number of piperidine rings is 1. The number of fused-ring (bicyclic) bond motifs is 1. The molecule has 0 radical (unpaired) electrons. The molecule has 0 unspecified atom stereocenters. The van der Waals surface area contributed by atoms with Crippen LogP contribution in [0.1, 0.15) is 23.8 Å². The van der Waals surface area contributed by atoms with Crippen molar-refractivity contribution in [3.8, 4) is 0 Å². The van der Waals surface area contributed by atoms with E-state index in [2.05, 4.69) is 10.1 Å². The van der Waals surface area contributed by atoms with Crippen molar-refractivity contribution in [2.45, 2.75) is 18.8 Å². The predicted molar refractivity (Wildman–Crippen MR) is 93.6 cm³/mol. The van der Waals surface area contributed by atoms with Crippen molar-refractivity contribution in [3.05, 3.63) is 28.2 Å². The maximum absolute atomic E-state index is 12.1. The molecule has 0 saturated carbocycles. The molecule has 1 saturated heterocycles. The molecule has 1 aromatic heterocycles. The van der Waals surface area contributed by atoms with E-state index >= 15 is 0 Å². The Morgan fingerprint density at radius 3 is 2.88 bits per heavy atom. The molecule has 2 heterocycles. The standard InChI is InChI=1S/C16H18ClN3O3S/c1-23-16(22)18-9-14(21)20-6-4-10(5-7-20)15-19-12-8-11(17)2-3-13(12)24-15/h2-3,8,10H,4-7,9H2,1H3,(H,18,22). The molecular formula is C16H18ClN3O3S. The van der Waals surface area contributed by atoms with Crippen LogP contribution in [0.15, 0.2) is 18.2 Å². The Labute approximate surface area is 148 Å². The maximum Gasteiger partial charge on any atom is 0.407 e. The number of methoxy groups -OCH3 is 1. The van der Waals surface area contributed by atoms with E-state index in [0.29, 0.717) is 24.0 Å². The van der Waals surface area contributed by atoms with Gasteiger partial charge in [0.1, 0.15) is 6.54 Å². The normalized spacial score (nSPS) is 15.5. The lowest BCUT2D eigenvalue weighted by Crippen LogP contribution is -2.43. The number of benzene rings is 1. The highest BCUT2D eigenvalue weighted by atomic mass is 35.5. The van der Waals surface area contributed by atoms with E-state index in [9.17, 15) is 9.59 Å². The van der Waals surface area contributed by atoms with Gasteiger partial charge in [-0.1, -0.05) is 11.6 Å². The van der Waals surface area contributed by atoms with Gasteiger partial charge in [0.2, 0.25) is 5.91 Å². The lowest BCUT2D eigenvalue weighted by molar-refractivity contribution is -0.131. The molecule has 2 amide bonds. The SMILES string of the molecule is COC(=O)NCC(=O)N1CCC(c2nc3cc(Cl)ccc3s2)CC1. The highest BCUT2D eigenvalue weighted by molar-refractivity contribution is 7.18. The number of hydrogen-bond donors (Lipinski definition) is 1. The quantitative estimate of drug-likeness (QED) is 0.905. The third kappa shape index (κ3) is 3.79. The Morgan fingerprint density at radius 2 is 2.17 bits per heavy atom. The molecular weight excluding hydrogens is 350 g/mol. The van der Waals surface area contributed by atoms with Crippen LogP contribution in [0.4, 0.5) is 4.79 Å². The molecule has 1 N–H and O–H groups in total. The van der Waals surface area contributed by atoms with E-state index in [4.69, 9.17) is 16.6 Å². The summed E-state index contributed by atoms with van der Waals surface area (Å²) < 4.78 is 5.60. The number of thiazole rings is 1. The summed E-state index contributed by atoms with van der Waals surface area (Å²) in [6.07, 6.45) is 1.15. The number of carbonyl (C=O) groups excluding carboxylic acids is 2. The zero-order chi connectivity index (χ0) is 17.1. The Kier molecular flexibility index (Phi) is 5.20. The van der Waals surface area contributed by atoms with Crippen molar-refractivity contribution >= 4 is 45.2 Å². The monoisotopic (exact) mass is 367 g/mol. The molecule has 2 aromatic rings. The van der Waals surface area contributed by atoms with Gasteiger partial charge in [-0.05, 0) is 31.0 Å². The summed E-state index contributed by atoms with van der Waals surface area (Å²) in [4.78, 5) is 29.6. The van der Waals surface area contributed by atoms with Crippen LogP contribution in [-0.2, 0) is 9.53 Å². The van der Waals surface area contributed by atoms with Crippen LogP contribution < -0.4 is 5.32 Å². The third-order valence-corrected chi connectivity index (χ3v) is 5.57. The van der Waals surface area contributed by atoms with Crippen LogP contribution >= 0.6 is 22.9 Å². The first-order valence-corrected chi connectivity index (χ1v) is 8.92. The molecule has 0 aliphatic carbocycles. The van der Waals surface area contributed by atoms with Gasteiger partial charge in [-0.3, -0.25) is 4.79 Å². The number of ether oxygens (including phenoxy) is 1. The minimum absolute atomic E-state index is 0.0308. The smallest absolute Gasteiger partial charge is 0.407 e. The molecule has 6 nitrogen and oxygen atoms in total. The van der Waals surface area contributed by atoms with Gasteiger partial charge in [0.15, 0.2) is 0 Å². The van der Waals surface area contributed by atoms with E-state index in [0.717, 1.165) is 28.1 Å². The number of amides is 2. The molecule has 1 aromatic carbocycles. The molecule has 0 atom stereocenters. The van der Waals surface area contributed by atoms with Crippen LogP contribution in [0, 0.1) is 0 Å². The summed E-state index contributed by atoms with van der Waals surface area (Å²) in [6, 6.07) is 5.76. The molecule has 1 aliphatic rings. The zero-order valence-corrected chi connectivity index (χ0v) is 14.8. The van der Waals surface area contributed by atoms with Crippen molar-refractivity contribution < 1.29 is 14.3 Å². The molecule has 1 aliphatic heterocycles. The lowest BCUT2D eigenvalue weighted by Gasteiger charge is -2.31. The summed E-state index contributed by atoms with van der Waals surface area (Å²) in [6.45, 7) is 1.31. The maximum atomic E-state index is 12.1. The number of carbonyl (C=O) groups is 2. The molecule has 3 rings (SSSR count). The first kappa shape index (κ1) is 17.0. The van der Waals surface area contributed by atoms with Gasteiger partial charge in [0.05, 0.1) is 22.3 Å². The fourth-order valence-electron chi connectivity index (χ4n) is 2.80. The summed E-state index contributed by atoms with van der Waals surface area (Å²) in [5.41, 5.74) is 0.934.